The van der Waals surface area contributed by atoms with Crippen molar-refractivity contribution in [3.63, 3.8) is 0 Å². The average Bonchev–Trinajstić information content (AvgIpc) is 2.83. The summed E-state index contributed by atoms with van der Waals surface area (Å²) in [5.74, 6) is 1.82. The zero-order chi connectivity index (χ0) is 23.6. The van der Waals surface area contributed by atoms with Gasteiger partial charge < -0.3 is 18.9 Å². The lowest BCUT2D eigenvalue weighted by Gasteiger charge is -2.23. The molecule has 0 saturated heterocycles. The van der Waals surface area contributed by atoms with Gasteiger partial charge in [0.1, 0.15) is 24.7 Å². The summed E-state index contributed by atoms with van der Waals surface area (Å²) in [7, 11) is 1.68. The standard InChI is InChI=1S/C29H35NO4/c1-23-6-11-29-27(18-23)20-25-4-3-5-26(19-25)22-30(12-13-32-15-17-34-29)21-24-7-9-28(10-8-24)33-16-14-31-2/h3-11,18-19H,12-17,20-22H2,1-2H3. The van der Waals surface area contributed by atoms with Crippen molar-refractivity contribution in [3.05, 3.63) is 94.5 Å². The molecular weight excluding hydrogens is 426 g/mol. The Kier molecular flexibility index (Phi) is 8.97. The van der Waals surface area contributed by atoms with Crippen LogP contribution in [0.2, 0.25) is 0 Å². The van der Waals surface area contributed by atoms with Gasteiger partial charge in [0.05, 0.1) is 19.8 Å². The van der Waals surface area contributed by atoms with Gasteiger partial charge in [-0.05, 0) is 47.4 Å². The van der Waals surface area contributed by atoms with Gasteiger partial charge in [0.15, 0.2) is 0 Å². The van der Waals surface area contributed by atoms with Crippen molar-refractivity contribution in [2.75, 3.05) is 46.7 Å². The number of benzene rings is 3. The smallest absolute Gasteiger partial charge is 0.122 e. The average molecular weight is 462 g/mol. The summed E-state index contributed by atoms with van der Waals surface area (Å²) in [5.41, 5.74) is 6.34. The molecule has 3 aromatic rings. The maximum Gasteiger partial charge on any atom is 0.122 e. The van der Waals surface area contributed by atoms with Crippen LogP contribution in [-0.2, 0) is 29.0 Å². The zero-order valence-electron chi connectivity index (χ0n) is 20.3. The molecule has 0 atom stereocenters. The van der Waals surface area contributed by atoms with Crippen LogP contribution in [0.15, 0.2) is 66.7 Å². The number of fused-ring (bicyclic) bond motifs is 3. The second kappa shape index (κ2) is 12.6. The third-order valence-electron chi connectivity index (χ3n) is 5.93. The van der Waals surface area contributed by atoms with Crippen LogP contribution >= 0.6 is 0 Å². The van der Waals surface area contributed by atoms with Crippen molar-refractivity contribution >= 4 is 0 Å². The van der Waals surface area contributed by atoms with Gasteiger partial charge in [0.25, 0.3) is 0 Å². The number of hydrogen-bond donors (Lipinski definition) is 0. The number of nitrogens with zero attached hydrogens (tertiary/aromatic N) is 1. The fourth-order valence-corrected chi connectivity index (χ4v) is 4.22. The molecular formula is C29H35NO4. The first-order chi connectivity index (χ1) is 16.7. The van der Waals surface area contributed by atoms with Gasteiger partial charge in [-0.15, -0.1) is 0 Å². The molecule has 0 aliphatic carbocycles. The molecule has 2 bridgehead atoms. The Morgan fingerprint density at radius 1 is 0.882 bits per heavy atom. The highest BCUT2D eigenvalue weighted by molar-refractivity contribution is 5.41. The molecule has 1 aliphatic rings. The molecule has 1 aliphatic heterocycles. The van der Waals surface area contributed by atoms with Crippen molar-refractivity contribution in [1.29, 1.82) is 0 Å². The second-order valence-electron chi connectivity index (χ2n) is 8.76. The van der Waals surface area contributed by atoms with Crippen molar-refractivity contribution in [2.24, 2.45) is 0 Å². The minimum Gasteiger partial charge on any atom is -0.491 e. The molecule has 0 radical (unpaired) electrons. The Balaban J connectivity index is 1.48. The normalized spacial score (nSPS) is 15.1. The topological polar surface area (TPSA) is 40.2 Å². The summed E-state index contributed by atoms with van der Waals surface area (Å²) in [6, 6.07) is 23.6. The van der Waals surface area contributed by atoms with Gasteiger partial charge >= 0.3 is 0 Å². The summed E-state index contributed by atoms with van der Waals surface area (Å²) < 4.78 is 22.7. The van der Waals surface area contributed by atoms with Crippen molar-refractivity contribution in [1.82, 2.24) is 4.90 Å². The van der Waals surface area contributed by atoms with Crippen LogP contribution in [-0.4, -0.2) is 51.6 Å². The summed E-state index contributed by atoms with van der Waals surface area (Å²) in [6.07, 6.45) is 0.857. The lowest BCUT2D eigenvalue weighted by molar-refractivity contribution is 0.0757. The second-order valence-corrected chi connectivity index (χ2v) is 8.76. The summed E-state index contributed by atoms with van der Waals surface area (Å²) in [4.78, 5) is 2.44. The van der Waals surface area contributed by atoms with Gasteiger partial charge in [0, 0.05) is 33.2 Å². The third kappa shape index (κ3) is 7.32. The van der Waals surface area contributed by atoms with Crippen LogP contribution in [0.4, 0.5) is 0 Å². The fourth-order valence-electron chi connectivity index (χ4n) is 4.22. The quantitative estimate of drug-likeness (QED) is 0.482. The van der Waals surface area contributed by atoms with E-state index >= 15 is 0 Å². The van der Waals surface area contributed by atoms with E-state index < -0.39 is 0 Å². The highest BCUT2D eigenvalue weighted by atomic mass is 16.5. The number of aryl methyl sites for hydroxylation is 1. The number of ether oxygens (including phenoxy) is 4. The van der Waals surface area contributed by atoms with Crippen LogP contribution in [0.1, 0.15) is 27.8 Å². The van der Waals surface area contributed by atoms with E-state index in [0.29, 0.717) is 33.0 Å². The highest BCUT2D eigenvalue weighted by Gasteiger charge is 2.11. The predicted octanol–water partition coefficient (Wildman–Crippen LogP) is 5.02. The van der Waals surface area contributed by atoms with E-state index in [1.165, 1.54) is 27.8 Å². The maximum atomic E-state index is 6.07. The molecule has 4 rings (SSSR count). The number of methoxy groups -OCH3 is 1. The molecule has 0 aromatic heterocycles. The fraction of sp³-hybridized carbons (Fsp3) is 0.379. The van der Waals surface area contributed by atoms with Crippen molar-refractivity contribution < 1.29 is 18.9 Å². The summed E-state index contributed by atoms with van der Waals surface area (Å²) >= 11 is 0. The molecule has 1 heterocycles. The molecule has 0 amide bonds. The minimum atomic E-state index is 0.556. The Hall–Kier alpha value is -2.86. The molecule has 0 fully saturated rings. The van der Waals surface area contributed by atoms with E-state index in [-0.39, 0.29) is 0 Å². The van der Waals surface area contributed by atoms with E-state index in [4.69, 9.17) is 18.9 Å². The van der Waals surface area contributed by atoms with Gasteiger partial charge in [0.2, 0.25) is 0 Å². The molecule has 5 heteroatoms. The first-order valence-electron chi connectivity index (χ1n) is 12.0. The van der Waals surface area contributed by atoms with Crippen LogP contribution in [0, 0.1) is 6.92 Å². The van der Waals surface area contributed by atoms with Gasteiger partial charge in [-0.25, -0.2) is 0 Å². The zero-order valence-corrected chi connectivity index (χ0v) is 20.3. The Morgan fingerprint density at radius 3 is 2.59 bits per heavy atom. The molecule has 3 aromatic carbocycles. The molecule has 0 saturated carbocycles. The molecule has 5 nitrogen and oxygen atoms in total. The molecule has 34 heavy (non-hydrogen) atoms. The van der Waals surface area contributed by atoms with E-state index in [1.54, 1.807) is 7.11 Å². The van der Waals surface area contributed by atoms with Crippen LogP contribution in [0.5, 0.6) is 11.5 Å². The SMILES string of the molecule is COCCOc1ccc(CN2CCOCCOc3ccc(C)cc3Cc3cccc(c3)C2)cc1. The van der Waals surface area contributed by atoms with Crippen LogP contribution in [0.25, 0.3) is 0 Å². The van der Waals surface area contributed by atoms with E-state index in [9.17, 15) is 0 Å². The van der Waals surface area contributed by atoms with Crippen molar-refractivity contribution in [2.45, 2.75) is 26.4 Å². The van der Waals surface area contributed by atoms with Crippen LogP contribution < -0.4 is 9.47 Å². The van der Waals surface area contributed by atoms with E-state index in [1.807, 2.05) is 12.1 Å². The predicted molar refractivity (Wildman–Crippen MR) is 135 cm³/mol. The lowest BCUT2D eigenvalue weighted by Crippen LogP contribution is -2.27. The molecule has 180 valence electrons. The number of rotatable bonds is 6. The van der Waals surface area contributed by atoms with Gasteiger partial charge in [-0.2, -0.15) is 0 Å². The largest absolute Gasteiger partial charge is 0.491 e. The highest BCUT2D eigenvalue weighted by Crippen LogP contribution is 2.24. The molecule has 0 unspecified atom stereocenters. The summed E-state index contributed by atoms with van der Waals surface area (Å²) in [6.45, 7) is 7.66. The Bertz CT molecular complexity index is 1030. The summed E-state index contributed by atoms with van der Waals surface area (Å²) in [5, 5.41) is 0. The first-order valence-corrected chi connectivity index (χ1v) is 12.0. The Morgan fingerprint density at radius 2 is 1.74 bits per heavy atom. The first kappa shape index (κ1) is 24.3. The third-order valence-corrected chi connectivity index (χ3v) is 5.93. The number of hydrogen-bond acceptors (Lipinski definition) is 5. The van der Waals surface area contributed by atoms with E-state index in [2.05, 4.69) is 66.4 Å². The molecule has 0 spiro atoms. The monoisotopic (exact) mass is 461 g/mol. The van der Waals surface area contributed by atoms with Gasteiger partial charge in [-0.3, -0.25) is 4.90 Å². The van der Waals surface area contributed by atoms with E-state index in [0.717, 1.165) is 37.6 Å². The van der Waals surface area contributed by atoms with Crippen LogP contribution in [0.3, 0.4) is 0 Å². The Labute approximate surface area is 203 Å². The van der Waals surface area contributed by atoms with Gasteiger partial charge in [-0.1, -0.05) is 54.1 Å². The minimum absolute atomic E-state index is 0.556. The lowest BCUT2D eigenvalue weighted by atomic mass is 10.00. The van der Waals surface area contributed by atoms with Crippen molar-refractivity contribution in [3.8, 4) is 11.5 Å². The maximum absolute atomic E-state index is 6.07. The molecule has 0 N–H and O–H groups in total.